The van der Waals surface area contributed by atoms with Crippen LogP contribution in [0.15, 0.2) is 47.6 Å². The third-order valence-electron chi connectivity index (χ3n) is 3.59. The number of fused-ring (bicyclic) bond motifs is 1. The molecule has 0 aromatic heterocycles. The summed E-state index contributed by atoms with van der Waals surface area (Å²) < 4.78 is 11.3. The molecule has 0 saturated carbocycles. The first-order valence-corrected chi connectivity index (χ1v) is 6.95. The van der Waals surface area contributed by atoms with Crippen molar-refractivity contribution >= 4 is 5.71 Å². The van der Waals surface area contributed by atoms with Crippen LogP contribution in [0.4, 0.5) is 0 Å². The summed E-state index contributed by atoms with van der Waals surface area (Å²) in [6, 6.07) is 12.7. The lowest BCUT2D eigenvalue weighted by Crippen LogP contribution is -2.21. The largest absolute Gasteiger partial charge is 0.508 e. The number of hydrogen-bond donors (Lipinski definition) is 1. The van der Waals surface area contributed by atoms with Crippen molar-refractivity contribution in [1.82, 2.24) is 0 Å². The van der Waals surface area contributed by atoms with Crippen LogP contribution >= 0.6 is 0 Å². The van der Waals surface area contributed by atoms with Crippen LogP contribution < -0.4 is 9.47 Å². The highest BCUT2D eigenvalue weighted by molar-refractivity contribution is 6.04. The van der Waals surface area contributed by atoms with E-state index in [2.05, 4.69) is 5.16 Å². The SMILES string of the molecule is CON=C1CC(c2cccc(OC)c2)Oc2cc(O)ccc21. The van der Waals surface area contributed by atoms with Gasteiger partial charge in [-0.1, -0.05) is 17.3 Å². The molecule has 1 heterocycles. The first kappa shape index (κ1) is 14.3. The van der Waals surface area contributed by atoms with Crippen LogP contribution in [-0.2, 0) is 4.84 Å². The second kappa shape index (κ2) is 5.97. The topological polar surface area (TPSA) is 60.3 Å². The molecule has 5 heteroatoms. The maximum Gasteiger partial charge on any atom is 0.133 e. The summed E-state index contributed by atoms with van der Waals surface area (Å²) in [5.41, 5.74) is 2.60. The molecular formula is C17H17NO4. The Morgan fingerprint density at radius 1 is 1.18 bits per heavy atom. The quantitative estimate of drug-likeness (QED) is 0.884. The zero-order chi connectivity index (χ0) is 15.5. The molecule has 1 aliphatic rings. The van der Waals surface area contributed by atoms with Gasteiger partial charge in [0.1, 0.15) is 30.5 Å². The third-order valence-corrected chi connectivity index (χ3v) is 3.59. The number of phenolic OH excluding ortho intramolecular Hbond substituents is 1. The van der Waals surface area contributed by atoms with E-state index < -0.39 is 0 Å². The number of oxime groups is 1. The fourth-order valence-corrected chi connectivity index (χ4v) is 2.55. The minimum Gasteiger partial charge on any atom is -0.508 e. The summed E-state index contributed by atoms with van der Waals surface area (Å²) in [6.07, 6.45) is 0.372. The van der Waals surface area contributed by atoms with Gasteiger partial charge in [0.25, 0.3) is 0 Å². The van der Waals surface area contributed by atoms with Crippen molar-refractivity contribution in [2.75, 3.05) is 14.2 Å². The zero-order valence-corrected chi connectivity index (χ0v) is 12.4. The number of methoxy groups -OCH3 is 1. The van der Waals surface area contributed by atoms with Gasteiger partial charge in [0.05, 0.1) is 12.8 Å². The van der Waals surface area contributed by atoms with Gasteiger partial charge in [-0.2, -0.15) is 0 Å². The van der Waals surface area contributed by atoms with Crippen molar-refractivity contribution in [3.63, 3.8) is 0 Å². The molecule has 0 bridgehead atoms. The van der Waals surface area contributed by atoms with Crippen molar-refractivity contribution in [2.24, 2.45) is 5.16 Å². The van der Waals surface area contributed by atoms with Gasteiger partial charge in [0.2, 0.25) is 0 Å². The predicted molar refractivity (Wildman–Crippen MR) is 82.6 cm³/mol. The van der Waals surface area contributed by atoms with Gasteiger partial charge in [-0.25, -0.2) is 0 Å². The highest BCUT2D eigenvalue weighted by Crippen LogP contribution is 2.37. The number of nitrogens with zero attached hydrogens (tertiary/aromatic N) is 1. The monoisotopic (exact) mass is 299 g/mol. The first-order chi connectivity index (χ1) is 10.7. The predicted octanol–water partition coefficient (Wildman–Crippen LogP) is 3.28. The van der Waals surface area contributed by atoms with Gasteiger partial charge in [-0.3, -0.25) is 0 Å². The third kappa shape index (κ3) is 2.70. The van der Waals surface area contributed by atoms with Crippen molar-refractivity contribution in [1.29, 1.82) is 0 Å². The molecule has 0 fully saturated rings. The van der Waals surface area contributed by atoms with Gasteiger partial charge in [-0.05, 0) is 29.8 Å². The Morgan fingerprint density at radius 2 is 2.05 bits per heavy atom. The van der Waals surface area contributed by atoms with Crippen molar-refractivity contribution in [3.8, 4) is 17.2 Å². The second-order valence-electron chi connectivity index (χ2n) is 4.99. The summed E-state index contributed by atoms with van der Waals surface area (Å²) in [7, 11) is 3.15. The Hall–Kier alpha value is -2.69. The van der Waals surface area contributed by atoms with Gasteiger partial charge in [0, 0.05) is 18.1 Å². The maximum absolute atomic E-state index is 9.67. The van der Waals surface area contributed by atoms with Crippen LogP contribution in [0, 0.1) is 0 Å². The lowest BCUT2D eigenvalue weighted by atomic mass is 9.95. The van der Waals surface area contributed by atoms with Gasteiger partial charge in [-0.15, -0.1) is 0 Å². The number of phenols is 1. The van der Waals surface area contributed by atoms with Crippen LogP contribution in [0.3, 0.4) is 0 Å². The average molecular weight is 299 g/mol. The van der Waals surface area contributed by atoms with E-state index in [0.717, 1.165) is 22.6 Å². The van der Waals surface area contributed by atoms with Crippen LogP contribution in [0.25, 0.3) is 0 Å². The van der Waals surface area contributed by atoms with E-state index in [1.54, 1.807) is 25.3 Å². The Kier molecular flexibility index (Phi) is 3.87. The van der Waals surface area contributed by atoms with E-state index in [-0.39, 0.29) is 11.9 Å². The fraction of sp³-hybridized carbons (Fsp3) is 0.235. The van der Waals surface area contributed by atoms with Crippen LogP contribution in [0.5, 0.6) is 17.2 Å². The standard InChI is InChI=1S/C17H17NO4/c1-20-13-5-3-4-11(8-13)16-10-15(18-21-2)14-7-6-12(19)9-17(14)22-16/h3-9,16,19H,10H2,1-2H3. The summed E-state index contributed by atoms with van der Waals surface area (Å²) >= 11 is 0. The molecule has 114 valence electrons. The summed E-state index contributed by atoms with van der Waals surface area (Å²) in [4.78, 5) is 4.94. The molecule has 22 heavy (non-hydrogen) atoms. The molecule has 0 aliphatic carbocycles. The van der Waals surface area contributed by atoms with E-state index >= 15 is 0 Å². The average Bonchev–Trinajstić information content (AvgIpc) is 2.54. The lowest BCUT2D eigenvalue weighted by molar-refractivity contribution is 0.189. The second-order valence-corrected chi connectivity index (χ2v) is 4.99. The maximum atomic E-state index is 9.67. The molecule has 1 N–H and O–H groups in total. The molecule has 2 aromatic carbocycles. The van der Waals surface area contributed by atoms with E-state index in [4.69, 9.17) is 14.3 Å². The molecule has 5 nitrogen and oxygen atoms in total. The summed E-state index contributed by atoms with van der Waals surface area (Å²) in [6.45, 7) is 0. The Balaban J connectivity index is 2.00. The van der Waals surface area contributed by atoms with Gasteiger partial charge < -0.3 is 19.4 Å². The highest BCUT2D eigenvalue weighted by atomic mass is 16.6. The van der Waals surface area contributed by atoms with E-state index in [9.17, 15) is 5.11 Å². The van der Waals surface area contributed by atoms with Gasteiger partial charge >= 0.3 is 0 Å². The molecule has 1 unspecified atom stereocenters. The number of aromatic hydroxyl groups is 1. The molecule has 1 atom stereocenters. The molecule has 0 saturated heterocycles. The van der Waals surface area contributed by atoms with Gasteiger partial charge in [0.15, 0.2) is 0 Å². The number of rotatable bonds is 3. The molecule has 2 aromatic rings. The molecule has 3 rings (SSSR count). The minimum absolute atomic E-state index is 0.154. The molecule has 0 spiro atoms. The van der Waals surface area contributed by atoms with Crippen LogP contribution in [0.1, 0.15) is 23.7 Å². The Bertz CT molecular complexity index is 712. The Labute approximate surface area is 128 Å². The van der Waals surface area contributed by atoms with E-state index in [1.807, 2.05) is 24.3 Å². The van der Waals surface area contributed by atoms with Crippen molar-refractivity contribution in [2.45, 2.75) is 12.5 Å². The number of ether oxygens (including phenoxy) is 2. The zero-order valence-electron chi connectivity index (χ0n) is 12.4. The van der Waals surface area contributed by atoms with Crippen LogP contribution in [-0.4, -0.2) is 25.0 Å². The summed E-state index contributed by atoms with van der Waals surface area (Å²) in [5.74, 6) is 1.52. The number of benzene rings is 2. The number of hydrogen-bond acceptors (Lipinski definition) is 5. The first-order valence-electron chi connectivity index (χ1n) is 6.95. The highest BCUT2D eigenvalue weighted by Gasteiger charge is 2.27. The van der Waals surface area contributed by atoms with E-state index in [0.29, 0.717) is 12.2 Å². The minimum atomic E-state index is -0.210. The molecule has 0 radical (unpaired) electrons. The smallest absolute Gasteiger partial charge is 0.133 e. The Morgan fingerprint density at radius 3 is 2.82 bits per heavy atom. The fourth-order valence-electron chi connectivity index (χ4n) is 2.55. The van der Waals surface area contributed by atoms with E-state index in [1.165, 1.54) is 7.11 Å². The van der Waals surface area contributed by atoms with Crippen LogP contribution in [0.2, 0.25) is 0 Å². The molecular weight excluding hydrogens is 282 g/mol. The lowest BCUT2D eigenvalue weighted by Gasteiger charge is -2.27. The van der Waals surface area contributed by atoms with Crippen molar-refractivity contribution in [3.05, 3.63) is 53.6 Å². The van der Waals surface area contributed by atoms with Crippen molar-refractivity contribution < 1.29 is 19.4 Å². The normalized spacial score (nSPS) is 18.5. The molecule has 1 aliphatic heterocycles. The summed E-state index contributed by atoms with van der Waals surface area (Å²) in [5, 5.41) is 13.8. The molecule has 0 amide bonds.